The number of aromatic nitrogens is 2. The highest BCUT2D eigenvalue weighted by Crippen LogP contribution is 2.26. The fraction of sp³-hybridized carbons (Fsp3) is 0.714. The van der Waals surface area contributed by atoms with Gasteiger partial charge in [-0.25, -0.2) is 4.98 Å². The smallest absolute Gasteiger partial charge is 0.224 e. The summed E-state index contributed by atoms with van der Waals surface area (Å²) in [5, 5.41) is 3.75. The molecule has 0 aliphatic carbocycles. The summed E-state index contributed by atoms with van der Waals surface area (Å²) in [7, 11) is 0. The summed E-state index contributed by atoms with van der Waals surface area (Å²) in [6.07, 6.45) is 1.68. The molecule has 0 aromatic carbocycles. The van der Waals surface area contributed by atoms with E-state index in [1.807, 2.05) is 6.92 Å². The van der Waals surface area contributed by atoms with Gasteiger partial charge in [-0.05, 0) is 27.7 Å². The van der Waals surface area contributed by atoms with Crippen LogP contribution in [0.2, 0.25) is 5.02 Å². The predicted octanol–water partition coefficient (Wildman–Crippen LogP) is 2.48. The molecule has 1 saturated heterocycles. The summed E-state index contributed by atoms with van der Waals surface area (Å²) in [4.78, 5) is 13.4. The van der Waals surface area contributed by atoms with Gasteiger partial charge in [-0.2, -0.15) is 4.98 Å². The first-order valence-electron chi connectivity index (χ1n) is 7.18. The zero-order chi connectivity index (χ0) is 14.8. The summed E-state index contributed by atoms with van der Waals surface area (Å²) in [6, 6.07) is 0. The molecular weight excluding hydrogens is 274 g/mol. The SMILES string of the molecule is CCNc1ncc(Cl)c(N2CCN(C(C)(C)C)CC2)n1. The van der Waals surface area contributed by atoms with Crippen LogP contribution in [-0.4, -0.2) is 53.1 Å². The average Bonchev–Trinajstić information content (AvgIpc) is 2.40. The van der Waals surface area contributed by atoms with Crippen LogP contribution in [-0.2, 0) is 0 Å². The lowest BCUT2D eigenvalue weighted by atomic mass is 10.1. The molecule has 1 N–H and O–H groups in total. The van der Waals surface area contributed by atoms with Crippen LogP contribution in [0.15, 0.2) is 6.20 Å². The second-order valence-electron chi connectivity index (χ2n) is 6.04. The highest BCUT2D eigenvalue weighted by atomic mass is 35.5. The van der Waals surface area contributed by atoms with Crippen LogP contribution in [0.4, 0.5) is 11.8 Å². The van der Waals surface area contributed by atoms with Gasteiger partial charge in [-0.3, -0.25) is 4.90 Å². The molecule has 112 valence electrons. The first-order valence-corrected chi connectivity index (χ1v) is 7.56. The average molecular weight is 298 g/mol. The van der Waals surface area contributed by atoms with Crippen LogP contribution < -0.4 is 10.2 Å². The van der Waals surface area contributed by atoms with Crippen LogP contribution in [0.5, 0.6) is 0 Å². The van der Waals surface area contributed by atoms with Crippen LogP contribution in [0, 0.1) is 0 Å². The van der Waals surface area contributed by atoms with Crippen molar-refractivity contribution in [3.05, 3.63) is 11.2 Å². The topological polar surface area (TPSA) is 44.3 Å². The fourth-order valence-corrected chi connectivity index (χ4v) is 2.62. The van der Waals surface area contributed by atoms with Crippen molar-refractivity contribution in [2.24, 2.45) is 0 Å². The Morgan fingerprint density at radius 2 is 1.90 bits per heavy atom. The fourth-order valence-electron chi connectivity index (χ4n) is 2.41. The van der Waals surface area contributed by atoms with Gasteiger partial charge < -0.3 is 10.2 Å². The molecule has 0 unspecified atom stereocenters. The normalized spacial score (nSPS) is 17.4. The maximum Gasteiger partial charge on any atom is 0.224 e. The minimum Gasteiger partial charge on any atom is -0.354 e. The van der Waals surface area contributed by atoms with E-state index in [-0.39, 0.29) is 5.54 Å². The monoisotopic (exact) mass is 297 g/mol. The van der Waals surface area contributed by atoms with E-state index in [2.05, 4.69) is 45.9 Å². The van der Waals surface area contributed by atoms with E-state index in [0.29, 0.717) is 11.0 Å². The number of hydrogen-bond donors (Lipinski definition) is 1. The van der Waals surface area contributed by atoms with E-state index in [1.54, 1.807) is 6.20 Å². The molecule has 0 amide bonds. The molecule has 0 bridgehead atoms. The molecule has 1 aromatic heterocycles. The van der Waals surface area contributed by atoms with Gasteiger partial charge in [0.25, 0.3) is 0 Å². The quantitative estimate of drug-likeness (QED) is 0.928. The number of anilines is 2. The zero-order valence-electron chi connectivity index (χ0n) is 12.8. The summed E-state index contributed by atoms with van der Waals surface area (Å²) in [5.74, 6) is 1.48. The molecule has 2 heterocycles. The van der Waals surface area contributed by atoms with Crippen molar-refractivity contribution >= 4 is 23.4 Å². The Hall–Kier alpha value is -1.07. The molecule has 5 nitrogen and oxygen atoms in total. The predicted molar refractivity (Wildman–Crippen MR) is 84.7 cm³/mol. The van der Waals surface area contributed by atoms with Gasteiger partial charge in [0.2, 0.25) is 5.95 Å². The standard InChI is InChI=1S/C14H24ClN5/c1-5-16-13-17-10-11(15)12(18-13)19-6-8-20(9-7-19)14(2,3)4/h10H,5-9H2,1-4H3,(H,16,17,18). The summed E-state index contributed by atoms with van der Waals surface area (Å²) in [5.41, 5.74) is 0.219. The van der Waals surface area contributed by atoms with Gasteiger partial charge >= 0.3 is 0 Å². The maximum absolute atomic E-state index is 6.25. The third kappa shape index (κ3) is 3.52. The summed E-state index contributed by atoms with van der Waals surface area (Å²) in [6.45, 7) is 13.5. The van der Waals surface area contributed by atoms with E-state index in [0.717, 1.165) is 38.5 Å². The van der Waals surface area contributed by atoms with Crippen LogP contribution in [0.1, 0.15) is 27.7 Å². The number of rotatable bonds is 3. The molecule has 6 heteroatoms. The molecule has 20 heavy (non-hydrogen) atoms. The first kappa shape index (κ1) is 15.3. The number of hydrogen-bond acceptors (Lipinski definition) is 5. The lowest BCUT2D eigenvalue weighted by Crippen LogP contribution is -2.53. The van der Waals surface area contributed by atoms with Crippen molar-refractivity contribution in [1.29, 1.82) is 0 Å². The van der Waals surface area contributed by atoms with Crippen molar-refractivity contribution in [1.82, 2.24) is 14.9 Å². The molecule has 0 spiro atoms. The Kier molecular flexibility index (Phi) is 4.70. The van der Waals surface area contributed by atoms with Crippen LogP contribution >= 0.6 is 11.6 Å². The van der Waals surface area contributed by atoms with Crippen molar-refractivity contribution in [2.45, 2.75) is 33.2 Å². The largest absolute Gasteiger partial charge is 0.354 e. The van der Waals surface area contributed by atoms with E-state index < -0.39 is 0 Å². The highest BCUT2D eigenvalue weighted by molar-refractivity contribution is 6.32. The second kappa shape index (κ2) is 6.14. The molecule has 1 aromatic rings. The van der Waals surface area contributed by atoms with E-state index >= 15 is 0 Å². The molecule has 2 rings (SSSR count). The molecule has 0 radical (unpaired) electrons. The Morgan fingerprint density at radius 3 is 2.45 bits per heavy atom. The van der Waals surface area contributed by atoms with E-state index in [1.165, 1.54) is 0 Å². The Bertz CT molecular complexity index is 449. The molecule has 1 aliphatic heterocycles. The van der Waals surface area contributed by atoms with Gasteiger partial charge in [0.05, 0.1) is 6.20 Å². The van der Waals surface area contributed by atoms with Crippen molar-refractivity contribution in [3.63, 3.8) is 0 Å². The van der Waals surface area contributed by atoms with Gasteiger partial charge in [-0.15, -0.1) is 0 Å². The van der Waals surface area contributed by atoms with Gasteiger partial charge in [0.15, 0.2) is 5.82 Å². The molecular formula is C14H24ClN5. The maximum atomic E-state index is 6.25. The van der Waals surface area contributed by atoms with Gasteiger partial charge in [0.1, 0.15) is 5.02 Å². The van der Waals surface area contributed by atoms with Crippen molar-refractivity contribution in [3.8, 4) is 0 Å². The first-order chi connectivity index (χ1) is 9.41. The molecule has 1 fully saturated rings. The highest BCUT2D eigenvalue weighted by Gasteiger charge is 2.27. The molecule has 0 atom stereocenters. The van der Waals surface area contributed by atoms with Gasteiger partial charge in [-0.1, -0.05) is 11.6 Å². The zero-order valence-corrected chi connectivity index (χ0v) is 13.5. The molecule has 1 aliphatic rings. The van der Waals surface area contributed by atoms with Crippen LogP contribution in [0.3, 0.4) is 0 Å². The van der Waals surface area contributed by atoms with Crippen LogP contribution in [0.25, 0.3) is 0 Å². The summed E-state index contributed by atoms with van der Waals surface area (Å²) >= 11 is 6.25. The Balaban J connectivity index is 2.08. The number of piperazine rings is 1. The lowest BCUT2D eigenvalue weighted by molar-refractivity contribution is 0.128. The Morgan fingerprint density at radius 1 is 1.25 bits per heavy atom. The number of nitrogens with one attached hydrogen (secondary N) is 1. The van der Waals surface area contributed by atoms with E-state index in [4.69, 9.17) is 11.6 Å². The number of nitrogens with zero attached hydrogens (tertiary/aromatic N) is 4. The number of halogens is 1. The third-order valence-corrected chi connectivity index (χ3v) is 3.85. The minimum absolute atomic E-state index is 0.219. The second-order valence-corrected chi connectivity index (χ2v) is 6.45. The summed E-state index contributed by atoms with van der Waals surface area (Å²) < 4.78 is 0. The minimum atomic E-state index is 0.219. The van der Waals surface area contributed by atoms with E-state index in [9.17, 15) is 0 Å². The van der Waals surface area contributed by atoms with Crippen molar-refractivity contribution in [2.75, 3.05) is 42.9 Å². The Labute approximate surface area is 126 Å². The van der Waals surface area contributed by atoms with Crippen molar-refractivity contribution < 1.29 is 0 Å². The van der Waals surface area contributed by atoms with Gasteiger partial charge in [0, 0.05) is 38.3 Å². The molecule has 0 saturated carbocycles. The lowest BCUT2D eigenvalue weighted by Gasteiger charge is -2.42. The third-order valence-electron chi connectivity index (χ3n) is 3.59.